The second-order valence-electron chi connectivity index (χ2n) is 6.05. The number of carboxylic acids is 1. The molecule has 0 aromatic rings. The number of fused-ring (bicyclic) bond motifs is 2. The van der Waals surface area contributed by atoms with Gasteiger partial charge in [0.25, 0.3) is 0 Å². The molecule has 2 aliphatic carbocycles. The van der Waals surface area contributed by atoms with Gasteiger partial charge in [-0.25, -0.2) is 0 Å². The monoisotopic (exact) mass is 235 g/mol. The number of hydrogen-bond donors (Lipinski definition) is 1. The Labute approximate surface area is 100 Å². The van der Waals surface area contributed by atoms with Crippen LogP contribution in [0.4, 0.5) is 0 Å². The molecule has 0 spiro atoms. The van der Waals surface area contributed by atoms with E-state index in [1.54, 1.807) is 0 Å². The van der Waals surface area contributed by atoms with Crippen molar-refractivity contribution in [3.05, 3.63) is 12.2 Å². The molecule has 0 radical (unpaired) electrons. The normalized spacial score (nSPS) is 40.7. The summed E-state index contributed by atoms with van der Waals surface area (Å²) in [6, 6.07) is 0.221. The van der Waals surface area contributed by atoms with Crippen molar-refractivity contribution < 1.29 is 14.7 Å². The molecule has 2 fully saturated rings. The van der Waals surface area contributed by atoms with Gasteiger partial charge >= 0.3 is 5.97 Å². The van der Waals surface area contributed by atoms with Crippen LogP contribution in [0.1, 0.15) is 20.3 Å². The van der Waals surface area contributed by atoms with Gasteiger partial charge in [0.15, 0.2) is 0 Å². The van der Waals surface area contributed by atoms with Crippen LogP contribution in [0.15, 0.2) is 12.2 Å². The summed E-state index contributed by atoms with van der Waals surface area (Å²) in [6.45, 7) is 4.52. The smallest absolute Gasteiger partial charge is 0.307 e. The van der Waals surface area contributed by atoms with Crippen molar-refractivity contribution in [1.82, 2.24) is 4.90 Å². The summed E-state index contributed by atoms with van der Waals surface area (Å²) in [5, 5.41) is 9.10. The van der Waals surface area contributed by atoms with Gasteiger partial charge in [-0.3, -0.25) is 9.59 Å². The molecule has 1 saturated heterocycles. The molecule has 0 aromatic heterocycles. The van der Waals surface area contributed by atoms with Gasteiger partial charge in [-0.05, 0) is 17.8 Å². The third-order valence-corrected chi connectivity index (χ3v) is 4.62. The zero-order valence-corrected chi connectivity index (χ0v) is 10.1. The molecule has 1 aliphatic heterocycles. The van der Waals surface area contributed by atoms with Crippen LogP contribution in [0, 0.1) is 23.2 Å². The second kappa shape index (κ2) is 3.12. The molecule has 1 N–H and O–H groups in total. The first-order valence-electron chi connectivity index (χ1n) is 6.14. The van der Waals surface area contributed by atoms with Crippen molar-refractivity contribution >= 4 is 11.9 Å². The standard InChI is InChI=1S/C13H17NO3/c1-13(2)9(10(13)12(16)17)11(15)14-6-7-3-4-8(14)5-7/h3-4,7-10H,5-6H2,1-2H3,(H,16,17). The molecule has 1 amide bonds. The van der Waals surface area contributed by atoms with E-state index in [0.717, 1.165) is 13.0 Å². The van der Waals surface area contributed by atoms with Crippen LogP contribution in [0.5, 0.6) is 0 Å². The molecule has 4 unspecified atom stereocenters. The summed E-state index contributed by atoms with van der Waals surface area (Å²) < 4.78 is 0. The Morgan fingerprint density at radius 1 is 1.29 bits per heavy atom. The van der Waals surface area contributed by atoms with E-state index >= 15 is 0 Å². The Bertz CT molecular complexity index is 426. The molecule has 2 bridgehead atoms. The number of aliphatic carboxylic acids is 1. The highest BCUT2D eigenvalue weighted by atomic mass is 16.4. The largest absolute Gasteiger partial charge is 0.481 e. The number of carboxylic acid groups (broad SMARTS) is 1. The number of rotatable bonds is 2. The quantitative estimate of drug-likeness (QED) is 0.730. The minimum Gasteiger partial charge on any atom is -0.481 e. The van der Waals surface area contributed by atoms with Gasteiger partial charge in [0.05, 0.1) is 17.9 Å². The van der Waals surface area contributed by atoms with Crippen molar-refractivity contribution in [2.75, 3.05) is 6.54 Å². The highest BCUT2D eigenvalue weighted by Crippen LogP contribution is 2.59. The van der Waals surface area contributed by atoms with E-state index in [1.807, 2.05) is 18.7 Å². The van der Waals surface area contributed by atoms with Crippen LogP contribution in [-0.4, -0.2) is 34.5 Å². The molecule has 1 saturated carbocycles. The Hall–Kier alpha value is -1.32. The average Bonchev–Trinajstić information content (AvgIpc) is 2.67. The number of hydrogen-bond acceptors (Lipinski definition) is 2. The molecule has 4 heteroatoms. The topological polar surface area (TPSA) is 57.6 Å². The first-order valence-corrected chi connectivity index (χ1v) is 6.14. The SMILES string of the molecule is CC1(C)C(C(=O)O)C1C(=O)N1CC2C=CC1C2. The van der Waals surface area contributed by atoms with Crippen LogP contribution in [0.25, 0.3) is 0 Å². The van der Waals surface area contributed by atoms with E-state index in [0.29, 0.717) is 5.92 Å². The lowest BCUT2D eigenvalue weighted by atomic mass is 10.1. The average molecular weight is 235 g/mol. The van der Waals surface area contributed by atoms with Crippen molar-refractivity contribution in [2.45, 2.75) is 26.3 Å². The maximum absolute atomic E-state index is 12.4. The first-order chi connectivity index (χ1) is 7.93. The Kier molecular flexibility index (Phi) is 1.98. The summed E-state index contributed by atoms with van der Waals surface area (Å²) in [4.78, 5) is 25.3. The maximum Gasteiger partial charge on any atom is 0.307 e. The van der Waals surface area contributed by atoms with Gasteiger partial charge < -0.3 is 10.0 Å². The highest BCUT2D eigenvalue weighted by molar-refractivity contribution is 5.92. The van der Waals surface area contributed by atoms with Crippen LogP contribution in [0.3, 0.4) is 0 Å². The molecule has 3 rings (SSSR count). The van der Waals surface area contributed by atoms with E-state index in [2.05, 4.69) is 12.2 Å². The summed E-state index contributed by atoms with van der Waals surface area (Å²) in [5.74, 6) is -1.13. The number of likely N-dealkylation sites (tertiary alicyclic amines) is 1. The molecular weight excluding hydrogens is 218 g/mol. The summed E-state index contributed by atoms with van der Waals surface area (Å²) >= 11 is 0. The van der Waals surface area contributed by atoms with Gasteiger partial charge in [0, 0.05) is 6.54 Å². The Morgan fingerprint density at radius 2 is 2.00 bits per heavy atom. The maximum atomic E-state index is 12.4. The minimum absolute atomic E-state index is 0.0410. The third-order valence-electron chi connectivity index (χ3n) is 4.62. The zero-order chi connectivity index (χ0) is 12.4. The summed E-state index contributed by atoms with van der Waals surface area (Å²) in [7, 11) is 0. The molecular formula is C13H17NO3. The number of amides is 1. The van der Waals surface area contributed by atoms with Gasteiger partial charge in [-0.1, -0.05) is 26.0 Å². The van der Waals surface area contributed by atoms with Crippen LogP contribution in [-0.2, 0) is 9.59 Å². The van der Waals surface area contributed by atoms with E-state index in [1.165, 1.54) is 0 Å². The van der Waals surface area contributed by atoms with Gasteiger partial charge in [0.2, 0.25) is 5.91 Å². The molecule has 4 atom stereocenters. The number of nitrogens with zero attached hydrogens (tertiary/aromatic N) is 1. The van der Waals surface area contributed by atoms with Crippen LogP contribution < -0.4 is 0 Å². The van der Waals surface area contributed by atoms with Crippen molar-refractivity contribution in [3.63, 3.8) is 0 Å². The van der Waals surface area contributed by atoms with E-state index in [4.69, 9.17) is 5.11 Å². The third kappa shape index (κ3) is 1.36. The minimum atomic E-state index is -0.840. The zero-order valence-electron chi connectivity index (χ0n) is 10.1. The second-order valence-corrected chi connectivity index (χ2v) is 6.05. The highest BCUT2D eigenvalue weighted by Gasteiger charge is 2.67. The van der Waals surface area contributed by atoms with E-state index in [-0.39, 0.29) is 23.3 Å². The van der Waals surface area contributed by atoms with Crippen LogP contribution >= 0.6 is 0 Å². The Balaban J connectivity index is 1.77. The van der Waals surface area contributed by atoms with Crippen LogP contribution in [0.2, 0.25) is 0 Å². The predicted octanol–water partition coefficient (Wildman–Crippen LogP) is 1.13. The van der Waals surface area contributed by atoms with Crippen molar-refractivity contribution in [3.8, 4) is 0 Å². The van der Waals surface area contributed by atoms with E-state index < -0.39 is 11.9 Å². The number of carbonyl (C=O) groups excluding carboxylic acids is 1. The predicted molar refractivity (Wildman–Crippen MR) is 61.1 cm³/mol. The van der Waals surface area contributed by atoms with Crippen molar-refractivity contribution in [2.24, 2.45) is 23.2 Å². The molecule has 4 nitrogen and oxygen atoms in total. The summed E-state index contributed by atoms with van der Waals surface area (Å²) in [6.07, 6.45) is 5.27. The molecule has 1 heterocycles. The lowest BCUT2D eigenvalue weighted by Crippen LogP contribution is -2.38. The van der Waals surface area contributed by atoms with Gasteiger partial charge in [-0.2, -0.15) is 0 Å². The van der Waals surface area contributed by atoms with Gasteiger partial charge in [-0.15, -0.1) is 0 Å². The Morgan fingerprint density at radius 3 is 2.41 bits per heavy atom. The molecule has 0 aromatic carbocycles. The first kappa shape index (κ1) is 10.8. The fourth-order valence-electron chi connectivity index (χ4n) is 3.50. The lowest BCUT2D eigenvalue weighted by molar-refractivity contribution is -0.142. The fraction of sp³-hybridized carbons (Fsp3) is 0.692. The fourth-order valence-corrected chi connectivity index (χ4v) is 3.50. The summed E-state index contributed by atoms with van der Waals surface area (Å²) in [5.41, 5.74) is -0.380. The van der Waals surface area contributed by atoms with E-state index in [9.17, 15) is 9.59 Å². The lowest BCUT2D eigenvalue weighted by Gasteiger charge is -2.24. The molecule has 92 valence electrons. The van der Waals surface area contributed by atoms with Crippen molar-refractivity contribution in [1.29, 1.82) is 0 Å². The molecule has 3 aliphatic rings. The van der Waals surface area contributed by atoms with Gasteiger partial charge in [0.1, 0.15) is 0 Å². The molecule has 17 heavy (non-hydrogen) atoms. The number of carbonyl (C=O) groups is 2.